The Morgan fingerprint density at radius 2 is 1.81 bits per heavy atom. The molecule has 1 aliphatic rings. The van der Waals surface area contributed by atoms with Crippen LogP contribution in [-0.4, -0.2) is 50.7 Å². The number of piperazine rings is 1. The number of hydrogen-bond acceptors (Lipinski definition) is 3. The van der Waals surface area contributed by atoms with Gasteiger partial charge < -0.3 is 19.3 Å². The van der Waals surface area contributed by atoms with Gasteiger partial charge in [-0.05, 0) is 36.4 Å². The summed E-state index contributed by atoms with van der Waals surface area (Å²) in [6.07, 6.45) is 0. The summed E-state index contributed by atoms with van der Waals surface area (Å²) in [4.78, 5) is 15.7. The van der Waals surface area contributed by atoms with Crippen LogP contribution in [0.15, 0.2) is 53.0 Å². The van der Waals surface area contributed by atoms with Crippen molar-refractivity contribution in [3.63, 3.8) is 0 Å². The Kier molecular flexibility index (Phi) is 6.52. The third-order valence-electron chi connectivity index (χ3n) is 4.63. The fourth-order valence-corrected chi connectivity index (χ4v) is 3.40. The number of ether oxygens (including phenoxy) is 2. The lowest BCUT2D eigenvalue weighted by Gasteiger charge is -2.32. The Bertz CT molecular complexity index is 728. The molecule has 2 aromatic carbocycles. The molecule has 26 heavy (non-hydrogen) atoms. The Hall–Kier alpha value is -2.05. The summed E-state index contributed by atoms with van der Waals surface area (Å²) in [6, 6.07) is 15.6. The molecule has 3 rings (SSSR count). The van der Waals surface area contributed by atoms with Crippen molar-refractivity contribution in [2.24, 2.45) is 0 Å². The van der Waals surface area contributed by atoms with Gasteiger partial charge in [-0.15, -0.1) is 0 Å². The smallest absolute Gasteiger partial charge is 0.260 e. The predicted octanol–water partition coefficient (Wildman–Crippen LogP) is 1.76. The van der Waals surface area contributed by atoms with Crippen molar-refractivity contribution in [1.29, 1.82) is 0 Å². The van der Waals surface area contributed by atoms with Crippen molar-refractivity contribution >= 4 is 21.8 Å². The van der Waals surface area contributed by atoms with E-state index >= 15 is 0 Å². The molecule has 0 aromatic heterocycles. The molecule has 1 aliphatic heterocycles. The third-order valence-corrected chi connectivity index (χ3v) is 5.16. The molecular weight excluding hydrogens is 396 g/mol. The van der Waals surface area contributed by atoms with Crippen molar-refractivity contribution < 1.29 is 19.2 Å². The molecule has 138 valence electrons. The number of methoxy groups -OCH3 is 1. The molecule has 1 heterocycles. The minimum Gasteiger partial charge on any atom is -0.496 e. The quantitative estimate of drug-likeness (QED) is 0.775. The fourth-order valence-electron chi connectivity index (χ4n) is 3.13. The van der Waals surface area contributed by atoms with Crippen molar-refractivity contribution in [3.05, 3.63) is 58.6 Å². The molecule has 0 radical (unpaired) electrons. The summed E-state index contributed by atoms with van der Waals surface area (Å²) in [5, 5.41) is 0. The Morgan fingerprint density at radius 3 is 2.50 bits per heavy atom. The third kappa shape index (κ3) is 4.99. The fraction of sp³-hybridized carbons (Fsp3) is 0.350. The molecular formula is C20H24BrN2O3+. The first-order valence-corrected chi connectivity index (χ1v) is 9.56. The monoisotopic (exact) mass is 419 g/mol. The molecule has 5 nitrogen and oxygen atoms in total. The second-order valence-corrected chi connectivity index (χ2v) is 7.28. The van der Waals surface area contributed by atoms with E-state index in [1.54, 1.807) is 7.11 Å². The second-order valence-electron chi connectivity index (χ2n) is 6.36. The first-order chi connectivity index (χ1) is 12.7. The van der Waals surface area contributed by atoms with Crippen LogP contribution in [0.3, 0.4) is 0 Å². The van der Waals surface area contributed by atoms with E-state index in [-0.39, 0.29) is 12.5 Å². The topological polar surface area (TPSA) is 43.2 Å². The number of carbonyl (C=O) groups excluding carboxylic acids is 1. The highest BCUT2D eigenvalue weighted by molar-refractivity contribution is 9.10. The lowest BCUT2D eigenvalue weighted by Crippen LogP contribution is -3.13. The predicted molar refractivity (Wildman–Crippen MR) is 104 cm³/mol. The summed E-state index contributed by atoms with van der Waals surface area (Å²) >= 11 is 3.39. The number of benzene rings is 2. The van der Waals surface area contributed by atoms with Gasteiger partial charge in [0, 0.05) is 10.0 Å². The molecule has 1 fully saturated rings. The number of nitrogens with zero attached hydrogens (tertiary/aromatic N) is 1. The molecule has 2 aromatic rings. The number of halogens is 1. The average molecular weight is 420 g/mol. The standard InChI is InChI=1S/C20H23BrN2O3/c1-25-19-5-3-2-4-16(19)14-22-10-12-23(13-11-22)20(24)15-26-18-8-6-17(21)7-9-18/h2-9H,10-15H2,1H3/p+1. The van der Waals surface area contributed by atoms with Crippen LogP contribution in [0.4, 0.5) is 0 Å². The van der Waals surface area contributed by atoms with Crippen molar-refractivity contribution in [2.45, 2.75) is 6.54 Å². The summed E-state index contributed by atoms with van der Waals surface area (Å²) in [6.45, 7) is 4.38. The molecule has 0 unspecified atom stereocenters. The van der Waals surface area contributed by atoms with Gasteiger partial charge in [-0.25, -0.2) is 0 Å². The second kappa shape index (κ2) is 9.05. The van der Waals surface area contributed by atoms with Crippen molar-refractivity contribution in [3.8, 4) is 11.5 Å². The lowest BCUT2D eigenvalue weighted by molar-refractivity contribution is -0.917. The van der Waals surface area contributed by atoms with Crippen LogP contribution in [0.1, 0.15) is 5.56 Å². The number of rotatable bonds is 6. The van der Waals surface area contributed by atoms with Crippen LogP contribution >= 0.6 is 15.9 Å². The molecule has 1 saturated heterocycles. The molecule has 0 aliphatic carbocycles. The van der Waals surface area contributed by atoms with E-state index < -0.39 is 0 Å². The van der Waals surface area contributed by atoms with E-state index in [9.17, 15) is 4.79 Å². The molecule has 1 amide bonds. The first-order valence-electron chi connectivity index (χ1n) is 8.77. The van der Waals surface area contributed by atoms with E-state index in [4.69, 9.17) is 9.47 Å². The van der Waals surface area contributed by atoms with Gasteiger partial charge in [-0.2, -0.15) is 0 Å². The summed E-state index contributed by atoms with van der Waals surface area (Å²) < 4.78 is 12.0. The van der Waals surface area contributed by atoms with E-state index in [1.165, 1.54) is 10.5 Å². The molecule has 0 spiro atoms. The zero-order chi connectivity index (χ0) is 18.4. The zero-order valence-corrected chi connectivity index (χ0v) is 16.5. The highest BCUT2D eigenvalue weighted by Crippen LogP contribution is 2.17. The maximum atomic E-state index is 12.4. The van der Waals surface area contributed by atoms with Crippen LogP contribution in [0.5, 0.6) is 11.5 Å². The maximum Gasteiger partial charge on any atom is 0.260 e. The van der Waals surface area contributed by atoms with E-state index in [2.05, 4.69) is 22.0 Å². The molecule has 0 atom stereocenters. The first kappa shape index (κ1) is 18.7. The van der Waals surface area contributed by atoms with Crippen molar-refractivity contribution in [2.75, 3.05) is 39.9 Å². The SMILES string of the molecule is COc1ccccc1C[NH+]1CCN(C(=O)COc2ccc(Br)cc2)CC1. The van der Waals surface area contributed by atoms with Gasteiger partial charge in [-0.1, -0.05) is 28.1 Å². The largest absolute Gasteiger partial charge is 0.496 e. The van der Waals surface area contributed by atoms with E-state index in [0.717, 1.165) is 42.9 Å². The highest BCUT2D eigenvalue weighted by Gasteiger charge is 2.24. The average Bonchev–Trinajstić information content (AvgIpc) is 2.68. The number of carbonyl (C=O) groups is 1. The number of para-hydroxylation sites is 1. The van der Waals surface area contributed by atoms with Crippen LogP contribution < -0.4 is 14.4 Å². The maximum absolute atomic E-state index is 12.4. The molecule has 0 saturated carbocycles. The molecule has 6 heteroatoms. The van der Waals surface area contributed by atoms with Gasteiger partial charge in [0.2, 0.25) is 0 Å². The summed E-state index contributed by atoms with van der Waals surface area (Å²) in [7, 11) is 1.70. The minimum atomic E-state index is 0.0456. The lowest BCUT2D eigenvalue weighted by atomic mass is 10.1. The zero-order valence-electron chi connectivity index (χ0n) is 14.9. The van der Waals surface area contributed by atoms with Crippen LogP contribution in [0.2, 0.25) is 0 Å². The van der Waals surface area contributed by atoms with Gasteiger partial charge in [-0.3, -0.25) is 4.79 Å². The highest BCUT2D eigenvalue weighted by atomic mass is 79.9. The van der Waals surface area contributed by atoms with Crippen LogP contribution in [-0.2, 0) is 11.3 Å². The normalized spacial score (nSPS) is 14.9. The number of nitrogens with one attached hydrogen (secondary N) is 1. The van der Waals surface area contributed by atoms with Gasteiger partial charge in [0.25, 0.3) is 5.91 Å². The van der Waals surface area contributed by atoms with E-state index in [1.807, 2.05) is 47.4 Å². The van der Waals surface area contributed by atoms with Crippen LogP contribution in [0, 0.1) is 0 Å². The minimum absolute atomic E-state index is 0.0456. The van der Waals surface area contributed by atoms with Gasteiger partial charge >= 0.3 is 0 Å². The van der Waals surface area contributed by atoms with Gasteiger partial charge in [0.05, 0.1) is 33.3 Å². The Balaban J connectivity index is 1.45. The van der Waals surface area contributed by atoms with Gasteiger partial charge in [0.1, 0.15) is 18.0 Å². The molecule has 0 bridgehead atoms. The number of amides is 1. The summed E-state index contributed by atoms with van der Waals surface area (Å²) in [5.41, 5.74) is 1.21. The van der Waals surface area contributed by atoms with E-state index in [0.29, 0.717) is 5.75 Å². The molecule has 1 N–H and O–H groups in total. The van der Waals surface area contributed by atoms with Crippen molar-refractivity contribution in [1.82, 2.24) is 4.90 Å². The summed E-state index contributed by atoms with van der Waals surface area (Å²) in [5.74, 6) is 1.69. The number of hydrogen-bond donors (Lipinski definition) is 1. The number of quaternary nitrogens is 1. The van der Waals surface area contributed by atoms with Gasteiger partial charge in [0.15, 0.2) is 6.61 Å². The Morgan fingerprint density at radius 1 is 1.12 bits per heavy atom. The van der Waals surface area contributed by atoms with Crippen LogP contribution in [0.25, 0.3) is 0 Å². The Labute approximate surface area is 162 Å².